The molecule has 4 heteroatoms. The summed E-state index contributed by atoms with van der Waals surface area (Å²) in [6, 6.07) is 10.5. The summed E-state index contributed by atoms with van der Waals surface area (Å²) in [5.41, 5.74) is 7.19. The molecule has 1 aromatic heterocycles. The van der Waals surface area contributed by atoms with Gasteiger partial charge in [-0.3, -0.25) is 0 Å². The van der Waals surface area contributed by atoms with Gasteiger partial charge in [-0.2, -0.15) is 10.1 Å². The first-order valence-corrected chi connectivity index (χ1v) is 6.52. The van der Waals surface area contributed by atoms with Gasteiger partial charge in [0.25, 0.3) is 0 Å². The van der Waals surface area contributed by atoms with Gasteiger partial charge in [-0.1, -0.05) is 37.3 Å². The fraction of sp³-hybridized carbons (Fsp3) is 0.429. The Kier molecular flexibility index (Phi) is 4.34. The van der Waals surface area contributed by atoms with Crippen molar-refractivity contribution in [2.75, 3.05) is 5.73 Å². The zero-order valence-electron chi connectivity index (χ0n) is 10.8. The molecule has 0 fully saturated rings. The predicted molar refractivity (Wildman–Crippen MR) is 73.2 cm³/mol. The molecule has 1 heterocycles. The molecule has 0 aliphatic rings. The van der Waals surface area contributed by atoms with Crippen LogP contribution in [0.4, 0.5) is 5.95 Å². The van der Waals surface area contributed by atoms with E-state index in [0.717, 1.165) is 38.1 Å². The molecule has 0 aliphatic carbocycles. The van der Waals surface area contributed by atoms with Gasteiger partial charge in [-0.25, -0.2) is 4.68 Å². The van der Waals surface area contributed by atoms with Crippen LogP contribution in [0.15, 0.2) is 30.3 Å². The maximum atomic E-state index is 5.84. The van der Waals surface area contributed by atoms with Crippen molar-refractivity contribution in [3.05, 3.63) is 41.7 Å². The highest BCUT2D eigenvalue weighted by Crippen LogP contribution is 2.07. The van der Waals surface area contributed by atoms with E-state index in [1.165, 1.54) is 5.56 Å². The standard InChI is InChI=1S/C14H20N4/c1-2-7-13-16-14(15)18(17-13)11-6-10-12-8-4-3-5-9-12/h3-5,8-9H,2,6-7,10-11H2,1H3,(H2,15,16,17). The minimum Gasteiger partial charge on any atom is -0.368 e. The average molecular weight is 244 g/mol. The molecular weight excluding hydrogens is 224 g/mol. The molecule has 2 N–H and O–H groups in total. The molecule has 0 amide bonds. The quantitative estimate of drug-likeness (QED) is 0.849. The van der Waals surface area contributed by atoms with Crippen LogP contribution in [-0.4, -0.2) is 14.8 Å². The third-order valence-electron chi connectivity index (χ3n) is 2.90. The van der Waals surface area contributed by atoms with Crippen molar-refractivity contribution >= 4 is 5.95 Å². The van der Waals surface area contributed by atoms with E-state index in [2.05, 4.69) is 41.3 Å². The van der Waals surface area contributed by atoms with Crippen LogP contribution in [0.2, 0.25) is 0 Å². The fourth-order valence-electron chi connectivity index (χ4n) is 1.97. The van der Waals surface area contributed by atoms with Gasteiger partial charge < -0.3 is 5.73 Å². The number of nitrogens with zero attached hydrogens (tertiary/aromatic N) is 3. The first-order valence-electron chi connectivity index (χ1n) is 6.52. The Hall–Kier alpha value is -1.84. The van der Waals surface area contributed by atoms with Gasteiger partial charge >= 0.3 is 0 Å². The summed E-state index contributed by atoms with van der Waals surface area (Å²) in [5, 5.41) is 4.41. The van der Waals surface area contributed by atoms with E-state index in [4.69, 9.17) is 5.73 Å². The number of rotatable bonds is 6. The van der Waals surface area contributed by atoms with Gasteiger partial charge in [0.05, 0.1) is 0 Å². The van der Waals surface area contributed by atoms with Crippen molar-refractivity contribution in [2.24, 2.45) is 0 Å². The van der Waals surface area contributed by atoms with Crippen LogP contribution in [-0.2, 0) is 19.4 Å². The summed E-state index contributed by atoms with van der Waals surface area (Å²) in [5.74, 6) is 1.39. The predicted octanol–water partition coefficient (Wildman–Crippen LogP) is 2.45. The first kappa shape index (κ1) is 12.6. The highest BCUT2D eigenvalue weighted by molar-refractivity contribution is 5.17. The maximum absolute atomic E-state index is 5.84. The van der Waals surface area contributed by atoms with Crippen LogP contribution in [0, 0.1) is 0 Å². The highest BCUT2D eigenvalue weighted by atomic mass is 15.4. The summed E-state index contributed by atoms with van der Waals surface area (Å²) >= 11 is 0. The SMILES string of the molecule is CCCc1nc(N)n(CCCc2ccccc2)n1. The van der Waals surface area contributed by atoms with E-state index < -0.39 is 0 Å². The molecule has 0 aliphatic heterocycles. The number of nitrogen functional groups attached to an aromatic ring is 1. The molecule has 0 saturated heterocycles. The van der Waals surface area contributed by atoms with Crippen molar-refractivity contribution in [3.63, 3.8) is 0 Å². The summed E-state index contributed by atoms with van der Waals surface area (Å²) in [4.78, 5) is 4.26. The summed E-state index contributed by atoms with van der Waals surface area (Å²) in [6.45, 7) is 2.95. The lowest BCUT2D eigenvalue weighted by Gasteiger charge is -2.03. The number of aromatic nitrogens is 3. The molecule has 0 bridgehead atoms. The number of hydrogen-bond acceptors (Lipinski definition) is 3. The van der Waals surface area contributed by atoms with E-state index in [1.807, 2.05) is 10.7 Å². The minimum atomic E-state index is 0.534. The Labute approximate surface area is 108 Å². The Balaban J connectivity index is 1.86. The molecule has 18 heavy (non-hydrogen) atoms. The second kappa shape index (κ2) is 6.19. The molecule has 0 radical (unpaired) electrons. The minimum absolute atomic E-state index is 0.534. The molecule has 2 aromatic rings. The van der Waals surface area contributed by atoms with Crippen LogP contribution in [0.1, 0.15) is 31.2 Å². The number of nitrogens with two attached hydrogens (primary N) is 1. The third kappa shape index (κ3) is 3.32. The van der Waals surface area contributed by atoms with Gasteiger partial charge in [0, 0.05) is 13.0 Å². The van der Waals surface area contributed by atoms with Crippen molar-refractivity contribution in [2.45, 2.75) is 39.2 Å². The first-order chi connectivity index (χ1) is 8.79. The van der Waals surface area contributed by atoms with E-state index in [1.54, 1.807) is 0 Å². The van der Waals surface area contributed by atoms with E-state index in [-0.39, 0.29) is 0 Å². The Morgan fingerprint density at radius 1 is 1.17 bits per heavy atom. The molecule has 0 unspecified atom stereocenters. The molecule has 4 nitrogen and oxygen atoms in total. The summed E-state index contributed by atoms with van der Waals surface area (Å²) < 4.78 is 1.81. The van der Waals surface area contributed by atoms with Crippen LogP contribution in [0.25, 0.3) is 0 Å². The van der Waals surface area contributed by atoms with Gasteiger partial charge in [0.15, 0.2) is 5.82 Å². The van der Waals surface area contributed by atoms with Gasteiger partial charge in [-0.05, 0) is 24.8 Å². The lowest BCUT2D eigenvalue weighted by Crippen LogP contribution is -2.06. The zero-order valence-corrected chi connectivity index (χ0v) is 10.8. The third-order valence-corrected chi connectivity index (χ3v) is 2.90. The van der Waals surface area contributed by atoms with Crippen molar-refractivity contribution in [1.82, 2.24) is 14.8 Å². The molecule has 96 valence electrons. The fourth-order valence-corrected chi connectivity index (χ4v) is 1.97. The molecule has 0 atom stereocenters. The van der Waals surface area contributed by atoms with E-state index in [0.29, 0.717) is 5.95 Å². The van der Waals surface area contributed by atoms with Crippen LogP contribution in [0.5, 0.6) is 0 Å². The van der Waals surface area contributed by atoms with E-state index in [9.17, 15) is 0 Å². The summed E-state index contributed by atoms with van der Waals surface area (Å²) in [6.07, 6.45) is 4.02. The molecule has 0 saturated carbocycles. The normalized spacial score (nSPS) is 10.7. The Morgan fingerprint density at radius 2 is 1.94 bits per heavy atom. The second-order valence-electron chi connectivity index (χ2n) is 4.45. The molecule has 2 rings (SSSR count). The monoisotopic (exact) mass is 244 g/mol. The van der Waals surface area contributed by atoms with E-state index >= 15 is 0 Å². The van der Waals surface area contributed by atoms with Crippen LogP contribution >= 0.6 is 0 Å². The summed E-state index contributed by atoms with van der Waals surface area (Å²) in [7, 11) is 0. The highest BCUT2D eigenvalue weighted by Gasteiger charge is 2.05. The maximum Gasteiger partial charge on any atom is 0.218 e. The zero-order chi connectivity index (χ0) is 12.8. The number of hydrogen-bond donors (Lipinski definition) is 1. The van der Waals surface area contributed by atoms with Gasteiger partial charge in [0.2, 0.25) is 5.95 Å². The van der Waals surface area contributed by atoms with Crippen molar-refractivity contribution < 1.29 is 0 Å². The second-order valence-corrected chi connectivity index (χ2v) is 4.45. The lowest BCUT2D eigenvalue weighted by molar-refractivity contribution is 0.578. The Bertz CT molecular complexity index is 476. The number of benzene rings is 1. The number of anilines is 1. The van der Waals surface area contributed by atoms with Crippen molar-refractivity contribution in [3.8, 4) is 0 Å². The number of aryl methyl sites for hydroxylation is 3. The van der Waals surface area contributed by atoms with Gasteiger partial charge in [0.1, 0.15) is 0 Å². The van der Waals surface area contributed by atoms with Crippen molar-refractivity contribution in [1.29, 1.82) is 0 Å². The topological polar surface area (TPSA) is 56.7 Å². The lowest BCUT2D eigenvalue weighted by atomic mass is 10.1. The Morgan fingerprint density at radius 3 is 2.67 bits per heavy atom. The largest absolute Gasteiger partial charge is 0.368 e. The molecular formula is C14H20N4. The van der Waals surface area contributed by atoms with Crippen LogP contribution in [0.3, 0.4) is 0 Å². The molecule has 0 spiro atoms. The van der Waals surface area contributed by atoms with Gasteiger partial charge in [-0.15, -0.1) is 0 Å². The average Bonchev–Trinajstić information content (AvgIpc) is 2.72. The molecule has 1 aromatic carbocycles. The smallest absolute Gasteiger partial charge is 0.218 e. The van der Waals surface area contributed by atoms with Crippen LogP contribution < -0.4 is 5.73 Å².